The number of halogens is 1. The zero-order chi connectivity index (χ0) is 20.5. The number of nitro groups is 1. The number of aliphatic carboxylic acids is 1. The zero-order valence-corrected chi connectivity index (χ0v) is 15.2. The largest absolute Gasteiger partial charge is 0.481 e. The van der Waals surface area contributed by atoms with Crippen LogP contribution in [0, 0.1) is 21.8 Å². The molecule has 0 radical (unpaired) electrons. The fraction of sp³-hybridized carbons (Fsp3) is 0.333. The van der Waals surface area contributed by atoms with Crippen LogP contribution in [0.5, 0.6) is 0 Å². The first kappa shape index (κ1) is 18.7. The van der Waals surface area contributed by atoms with E-state index in [0.717, 1.165) is 6.20 Å². The Balaban J connectivity index is 1.65. The molecule has 1 aliphatic carbocycles. The number of carbonyl (C=O) groups is 1. The first-order valence-electron chi connectivity index (χ1n) is 9.06. The van der Waals surface area contributed by atoms with Gasteiger partial charge >= 0.3 is 11.7 Å². The van der Waals surface area contributed by atoms with E-state index >= 15 is 0 Å². The number of hydrogen-bond acceptors (Lipinski definition) is 7. The van der Waals surface area contributed by atoms with Crippen LogP contribution in [0.2, 0.25) is 0 Å². The molecule has 0 spiro atoms. The van der Waals surface area contributed by atoms with Crippen LogP contribution in [0.3, 0.4) is 0 Å². The number of anilines is 1. The van der Waals surface area contributed by atoms with E-state index in [1.54, 1.807) is 0 Å². The number of rotatable bonds is 5. The average molecular weight is 400 g/mol. The first-order chi connectivity index (χ1) is 13.9. The number of hydrogen-bond donors (Lipinski definition) is 2. The third kappa shape index (κ3) is 3.71. The molecule has 0 aliphatic heterocycles. The van der Waals surface area contributed by atoms with E-state index in [4.69, 9.17) is 5.11 Å². The molecule has 0 unspecified atom stereocenters. The van der Waals surface area contributed by atoms with Gasteiger partial charge in [-0.3, -0.25) is 19.3 Å². The Bertz CT molecular complexity index is 1090. The number of carboxylic acid groups (broad SMARTS) is 1. The molecule has 0 bridgehead atoms. The van der Waals surface area contributed by atoms with Crippen molar-refractivity contribution >= 4 is 23.1 Å². The minimum atomic E-state index is -0.821. The summed E-state index contributed by atoms with van der Waals surface area (Å²) < 4.78 is 15.1. The predicted molar refractivity (Wildman–Crippen MR) is 99.8 cm³/mol. The molecule has 1 aliphatic rings. The maximum Gasteiger partial charge on any atom is 0.329 e. The van der Waals surface area contributed by atoms with Crippen LogP contribution in [-0.4, -0.2) is 41.4 Å². The summed E-state index contributed by atoms with van der Waals surface area (Å²) in [5.74, 6) is -1.47. The lowest BCUT2D eigenvalue weighted by atomic mass is 9.86. The molecule has 0 aromatic carbocycles. The molecule has 150 valence electrons. The fourth-order valence-electron chi connectivity index (χ4n) is 3.54. The lowest BCUT2D eigenvalue weighted by Crippen LogP contribution is -2.29. The van der Waals surface area contributed by atoms with E-state index in [1.807, 2.05) is 0 Å². The topological polar surface area (TPSA) is 136 Å². The highest BCUT2D eigenvalue weighted by atomic mass is 19.1. The van der Waals surface area contributed by atoms with Crippen molar-refractivity contribution in [3.63, 3.8) is 0 Å². The molecular weight excluding hydrogens is 383 g/mol. The quantitative estimate of drug-likeness (QED) is 0.493. The van der Waals surface area contributed by atoms with Gasteiger partial charge in [-0.1, -0.05) is 0 Å². The van der Waals surface area contributed by atoms with Crippen molar-refractivity contribution in [2.24, 2.45) is 5.92 Å². The van der Waals surface area contributed by atoms with E-state index in [0.29, 0.717) is 37.0 Å². The van der Waals surface area contributed by atoms with Gasteiger partial charge in [-0.15, -0.1) is 0 Å². The lowest BCUT2D eigenvalue weighted by Gasteiger charge is -2.27. The molecule has 3 aromatic heterocycles. The van der Waals surface area contributed by atoms with Crippen molar-refractivity contribution < 1.29 is 19.2 Å². The van der Waals surface area contributed by atoms with Crippen molar-refractivity contribution in [1.29, 1.82) is 0 Å². The molecule has 0 saturated heterocycles. The SMILES string of the molecule is O=C(O)C1CCC(Nc2nc(-c3cnc4ccc(F)cn34)ncc2[N+](=O)[O-])CC1. The summed E-state index contributed by atoms with van der Waals surface area (Å²) in [7, 11) is 0. The average Bonchev–Trinajstić information content (AvgIpc) is 3.11. The second-order valence-corrected chi connectivity index (χ2v) is 6.93. The number of fused-ring (bicyclic) bond motifs is 1. The molecular formula is C18H17FN6O4. The van der Waals surface area contributed by atoms with Crippen molar-refractivity contribution in [2.45, 2.75) is 31.7 Å². The van der Waals surface area contributed by atoms with E-state index in [9.17, 15) is 19.3 Å². The smallest absolute Gasteiger partial charge is 0.329 e. The van der Waals surface area contributed by atoms with Gasteiger partial charge in [-0.25, -0.2) is 19.3 Å². The lowest BCUT2D eigenvalue weighted by molar-refractivity contribution is -0.384. The van der Waals surface area contributed by atoms with Gasteiger partial charge in [0, 0.05) is 12.2 Å². The highest BCUT2D eigenvalue weighted by Crippen LogP contribution is 2.30. The summed E-state index contributed by atoms with van der Waals surface area (Å²) in [6.45, 7) is 0. The fourth-order valence-corrected chi connectivity index (χ4v) is 3.54. The van der Waals surface area contributed by atoms with Crippen molar-refractivity contribution in [3.8, 4) is 11.5 Å². The Kier molecular flexibility index (Phi) is 4.79. The molecule has 1 fully saturated rings. The standard InChI is InChI=1S/C18H17FN6O4/c19-11-3-6-15-20-7-13(24(15)9-11)16-21-8-14(25(28)29)17(23-16)22-12-4-1-10(2-5-12)18(26)27/h3,6-10,12H,1-2,4-5H2,(H,26,27)(H,21,22,23). The number of imidazole rings is 1. The third-order valence-corrected chi connectivity index (χ3v) is 5.08. The van der Waals surface area contributed by atoms with Gasteiger partial charge in [0.05, 0.1) is 17.0 Å². The Hall–Kier alpha value is -3.63. The number of pyridine rings is 1. The van der Waals surface area contributed by atoms with E-state index in [1.165, 1.54) is 28.9 Å². The van der Waals surface area contributed by atoms with Gasteiger partial charge in [0.2, 0.25) is 5.82 Å². The number of nitrogens with one attached hydrogen (secondary N) is 1. The Morgan fingerprint density at radius 1 is 1.24 bits per heavy atom. The molecule has 0 atom stereocenters. The van der Waals surface area contributed by atoms with Gasteiger partial charge in [0.15, 0.2) is 5.82 Å². The number of carboxylic acids is 1. The maximum atomic E-state index is 13.6. The second-order valence-electron chi connectivity index (χ2n) is 6.93. The summed E-state index contributed by atoms with van der Waals surface area (Å²) in [6.07, 6.45) is 5.92. The van der Waals surface area contributed by atoms with E-state index < -0.39 is 22.6 Å². The van der Waals surface area contributed by atoms with Crippen LogP contribution in [0.4, 0.5) is 15.9 Å². The molecule has 0 amide bonds. The molecule has 3 aromatic rings. The van der Waals surface area contributed by atoms with Crippen molar-refractivity contribution in [3.05, 3.63) is 46.7 Å². The van der Waals surface area contributed by atoms with Gasteiger partial charge < -0.3 is 10.4 Å². The summed E-state index contributed by atoms with van der Waals surface area (Å²) in [6, 6.07) is 2.65. The summed E-state index contributed by atoms with van der Waals surface area (Å²) in [5, 5.41) is 23.6. The molecule has 29 heavy (non-hydrogen) atoms. The van der Waals surface area contributed by atoms with Crippen LogP contribution in [0.25, 0.3) is 17.2 Å². The Labute approximate surface area is 163 Å². The van der Waals surface area contributed by atoms with Gasteiger partial charge in [0.1, 0.15) is 23.4 Å². The summed E-state index contributed by atoms with van der Waals surface area (Å²) in [5.41, 5.74) is 0.603. The summed E-state index contributed by atoms with van der Waals surface area (Å²) in [4.78, 5) is 34.5. The highest BCUT2D eigenvalue weighted by molar-refractivity contribution is 5.70. The molecule has 10 nitrogen and oxygen atoms in total. The number of nitrogens with zero attached hydrogens (tertiary/aromatic N) is 5. The third-order valence-electron chi connectivity index (χ3n) is 5.08. The van der Waals surface area contributed by atoms with Gasteiger partial charge in [-0.2, -0.15) is 0 Å². The molecule has 11 heteroatoms. The first-order valence-corrected chi connectivity index (χ1v) is 9.06. The van der Waals surface area contributed by atoms with Crippen LogP contribution >= 0.6 is 0 Å². The number of aromatic nitrogens is 4. The molecule has 3 heterocycles. The van der Waals surface area contributed by atoms with Crippen LogP contribution < -0.4 is 5.32 Å². The minimum Gasteiger partial charge on any atom is -0.481 e. The van der Waals surface area contributed by atoms with E-state index in [-0.39, 0.29) is 23.4 Å². The summed E-state index contributed by atoms with van der Waals surface area (Å²) >= 11 is 0. The monoisotopic (exact) mass is 400 g/mol. The van der Waals surface area contributed by atoms with Crippen molar-refractivity contribution in [2.75, 3.05) is 5.32 Å². The Morgan fingerprint density at radius 3 is 2.69 bits per heavy atom. The second kappa shape index (κ2) is 7.41. The normalized spacial score (nSPS) is 19.2. The minimum absolute atomic E-state index is 0.0464. The van der Waals surface area contributed by atoms with Crippen LogP contribution in [-0.2, 0) is 4.79 Å². The molecule has 4 rings (SSSR count). The predicted octanol–water partition coefficient (Wildman–Crippen LogP) is 2.89. The highest BCUT2D eigenvalue weighted by Gasteiger charge is 2.28. The molecule has 2 N–H and O–H groups in total. The van der Waals surface area contributed by atoms with Gasteiger partial charge in [0.25, 0.3) is 0 Å². The maximum absolute atomic E-state index is 13.6. The van der Waals surface area contributed by atoms with Gasteiger partial charge in [-0.05, 0) is 37.8 Å². The Morgan fingerprint density at radius 2 is 2.00 bits per heavy atom. The molecule has 1 saturated carbocycles. The zero-order valence-electron chi connectivity index (χ0n) is 15.2. The van der Waals surface area contributed by atoms with Crippen LogP contribution in [0.1, 0.15) is 25.7 Å². The van der Waals surface area contributed by atoms with Crippen molar-refractivity contribution in [1.82, 2.24) is 19.4 Å². The van der Waals surface area contributed by atoms with Crippen LogP contribution in [0.15, 0.2) is 30.7 Å². The van der Waals surface area contributed by atoms with E-state index in [2.05, 4.69) is 20.3 Å².